The van der Waals surface area contributed by atoms with E-state index in [0.29, 0.717) is 0 Å². The van der Waals surface area contributed by atoms with Crippen LogP contribution in [0.25, 0.3) is 10.8 Å². The van der Waals surface area contributed by atoms with Crippen LogP contribution in [0.3, 0.4) is 0 Å². The Balaban J connectivity index is 1.69. The third-order valence-electron chi connectivity index (χ3n) is 4.23. The fourth-order valence-electron chi connectivity index (χ4n) is 3.06. The Morgan fingerprint density at radius 1 is 1.33 bits per heavy atom. The van der Waals surface area contributed by atoms with E-state index in [9.17, 15) is 0 Å². The van der Waals surface area contributed by atoms with Crippen LogP contribution in [-0.2, 0) is 0 Å². The minimum atomic E-state index is 0.788. The molecule has 112 valence electrons. The number of aromatic nitrogens is 1. The van der Waals surface area contributed by atoms with Crippen LogP contribution >= 0.6 is 0 Å². The summed E-state index contributed by atoms with van der Waals surface area (Å²) in [5.74, 6) is 2.64. The Kier molecular flexibility index (Phi) is 4.55. The zero-order valence-corrected chi connectivity index (χ0v) is 12.6. The quantitative estimate of drug-likeness (QED) is 0.886. The van der Waals surface area contributed by atoms with Crippen molar-refractivity contribution in [2.24, 2.45) is 5.92 Å². The number of benzene rings is 1. The van der Waals surface area contributed by atoms with Crippen molar-refractivity contribution in [2.75, 3.05) is 32.1 Å². The molecule has 0 spiro atoms. The van der Waals surface area contributed by atoms with Crippen molar-refractivity contribution >= 4 is 16.6 Å². The number of piperidine rings is 1. The van der Waals surface area contributed by atoms with Gasteiger partial charge in [0.25, 0.3) is 0 Å². The van der Waals surface area contributed by atoms with E-state index in [-0.39, 0.29) is 0 Å². The molecule has 0 bridgehead atoms. The molecule has 1 aliphatic rings. The van der Waals surface area contributed by atoms with Crippen molar-refractivity contribution in [3.8, 4) is 5.75 Å². The zero-order valence-electron chi connectivity index (χ0n) is 12.6. The van der Waals surface area contributed by atoms with Crippen LogP contribution in [-0.4, -0.2) is 31.7 Å². The second-order valence-corrected chi connectivity index (χ2v) is 5.64. The predicted octanol–water partition coefficient (Wildman–Crippen LogP) is 3.05. The van der Waals surface area contributed by atoms with Crippen molar-refractivity contribution in [3.63, 3.8) is 0 Å². The van der Waals surface area contributed by atoms with Gasteiger partial charge in [0.15, 0.2) is 0 Å². The molecule has 0 amide bonds. The van der Waals surface area contributed by atoms with Gasteiger partial charge in [-0.05, 0) is 50.4 Å². The number of nitrogens with zero attached hydrogens (tertiary/aromatic N) is 1. The summed E-state index contributed by atoms with van der Waals surface area (Å²) in [6.45, 7) is 3.29. The van der Waals surface area contributed by atoms with Crippen LogP contribution in [0.2, 0.25) is 0 Å². The van der Waals surface area contributed by atoms with Crippen LogP contribution in [0, 0.1) is 5.92 Å². The minimum absolute atomic E-state index is 0.788. The standard InChI is InChI=1S/C17H23N3O/c1-21-16-6-2-5-15-14(16)8-11-20-17(15)19-10-7-13-4-3-9-18-12-13/h2,5-6,8,11,13,18H,3-4,7,9-10,12H2,1H3,(H,19,20). The summed E-state index contributed by atoms with van der Waals surface area (Å²) in [4.78, 5) is 4.48. The second-order valence-electron chi connectivity index (χ2n) is 5.64. The molecule has 0 radical (unpaired) electrons. The van der Waals surface area contributed by atoms with Crippen LogP contribution in [0.1, 0.15) is 19.3 Å². The van der Waals surface area contributed by atoms with Crippen molar-refractivity contribution < 1.29 is 4.74 Å². The molecule has 1 aliphatic heterocycles. The lowest BCUT2D eigenvalue weighted by atomic mass is 9.96. The number of nitrogens with one attached hydrogen (secondary N) is 2. The van der Waals surface area contributed by atoms with Gasteiger partial charge in [-0.3, -0.25) is 0 Å². The summed E-state index contributed by atoms with van der Waals surface area (Å²) in [7, 11) is 1.71. The summed E-state index contributed by atoms with van der Waals surface area (Å²) in [6.07, 6.45) is 5.67. The van der Waals surface area contributed by atoms with Gasteiger partial charge < -0.3 is 15.4 Å². The number of hydrogen-bond acceptors (Lipinski definition) is 4. The fourth-order valence-corrected chi connectivity index (χ4v) is 3.06. The van der Waals surface area contributed by atoms with E-state index in [1.54, 1.807) is 7.11 Å². The Hall–Kier alpha value is -1.81. The van der Waals surface area contributed by atoms with E-state index in [0.717, 1.165) is 41.3 Å². The average Bonchev–Trinajstić information content (AvgIpc) is 2.55. The summed E-state index contributed by atoms with van der Waals surface area (Å²) in [6, 6.07) is 8.10. The lowest BCUT2D eigenvalue weighted by Gasteiger charge is -2.22. The third kappa shape index (κ3) is 3.27. The van der Waals surface area contributed by atoms with Gasteiger partial charge in [0, 0.05) is 23.5 Å². The normalized spacial score (nSPS) is 18.6. The molecule has 2 aromatic rings. The van der Waals surface area contributed by atoms with Gasteiger partial charge in [0.1, 0.15) is 11.6 Å². The van der Waals surface area contributed by atoms with Gasteiger partial charge >= 0.3 is 0 Å². The average molecular weight is 285 g/mol. The summed E-state index contributed by atoms with van der Waals surface area (Å²) in [5, 5.41) is 9.19. The molecule has 2 heterocycles. The molecule has 0 aliphatic carbocycles. The number of fused-ring (bicyclic) bond motifs is 1. The molecular weight excluding hydrogens is 262 g/mol. The van der Waals surface area contributed by atoms with E-state index in [4.69, 9.17) is 4.74 Å². The summed E-state index contributed by atoms with van der Waals surface area (Å²) < 4.78 is 5.42. The maximum absolute atomic E-state index is 5.42. The highest BCUT2D eigenvalue weighted by Crippen LogP contribution is 2.29. The molecule has 1 aromatic heterocycles. The number of pyridine rings is 1. The molecule has 1 fully saturated rings. The van der Waals surface area contributed by atoms with E-state index < -0.39 is 0 Å². The maximum Gasteiger partial charge on any atom is 0.133 e. The highest BCUT2D eigenvalue weighted by molar-refractivity contribution is 5.95. The first-order chi connectivity index (χ1) is 10.4. The SMILES string of the molecule is COc1cccc2c(NCCC3CCCNC3)nccc12. The lowest BCUT2D eigenvalue weighted by molar-refractivity contribution is 0.364. The molecule has 1 atom stereocenters. The van der Waals surface area contributed by atoms with Crippen molar-refractivity contribution in [3.05, 3.63) is 30.5 Å². The van der Waals surface area contributed by atoms with Crippen molar-refractivity contribution in [2.45, 2.75) is 19.3 Å². The van der Waals surface area contributed by atoms with Gasteiger partial charge in [0.2, 0.25) is 0 Å². The number of ether oxygens (including phenoxy) is 1. The van der Waals surface area contributed by atoms with Gasteiger partial charge in [-0.1, -0.05) is 12.1 Å². The van der Waals surface area contributed by atoms with Crippen LogP contribution in [0.4, 0.5) is 5.82 Å². The molecule has 1 saturated heterocycles. The topological polar surface area (TPSA) is 46.2 Å². The predicted molar refractivity (Wildman–Crippen MR) is 87.0 cm³/mol. The maximum atomic E-state index is 5.42. The number of hydrogen-bond donors (Lipinski definition) is 2. The monoisotopic (exact) mass is 285 g/mol. The van der Waals surface area contributed by atoms with Crippen molar-refractivity contribution in [1.29, 1.82) is 0 Å². The molecule has 1 unspecified atom stereocenters. The highest BCUT2D eigenvalue weighted by atomic mass is 16.5. The second kappa shape index (κ2) is 6.76. The van der Waals surface area contributed by atoms with Crippen molar-refractivity contribution in [1.82, 2.24) is 10.3 Å². The molecule has 1 aromatic carbocycles. The minimum Gasteiger partial charge on any atom is -0.496 e. The van der Waals surface area contributed by atoms with Gasteiger partial charge in [0.05, 0.1) is 7.11 Å². The Bertz CT molecular complexity index is 594. The number of anilines is 1. The summed E-state index contributed by atoms with van der Waals surface area (Å²) >= 11 is 0. The largest absolute Gasteiger partial charge is 0.496 e. The van der Waals surface area contributed by atoms with Gasteiger partial charge in [-0.15, -0.1) is 0 Å². The molecule has 0 saturated carbocycles. The molecular formula is C17H23N3O. The van der Waals surface area contributed by atoms with Gasteiger partial charge in [-0.2, -0.15) is 0 Å². The van der Waals surface area contributed by atoms with Crippen LogP contribution in [0.15, 0.2) is 30.5 Å². The summed E-state index contributed by atoms with van der Waals surface area (Å²) in [5.41, 5.74) is 0. The van der Waals surface area contributed by atoms with E-state index in [1.165, 1.54) is 25.8 Å². The first-order valence-corrected chi connectivity index (χ1v) is 7.75. The van der Waals surface area contributed by atoms with Crippen LogP contribution < -0.4 is 15.4 Å². The molecule has 4 nitrogen and oxygen atoms in total. The lowest BCUT2D eigenvalue weighted by Crippen LogP contribution is -2.30. The Morgan fingerprint density at radius 2 is 2.29 bits per heavy atom. The highest BCUT2D eigenvalue weighted by Gasteiger charge is 2.12. The first kappa shape index (κ1) is 14.1. The molecule has 4 heteroatoms. The van der Waals surface area contributed by atoms with Crippen LogP contribution in [0.5, 0.6) is 5.75 Å². The Morgan fingerprint density at radius 3 is 3.10 bits per heavy atom. The number of rotatable bonds is 5. The van der Waals surface area contributed by atoms with Gasteiger partial charge in [-0.25, -0.2) is 4.98 Å². The fraction of sp³-hybridized carbons (Fsp3) is 0.471. The Labute approximate surface area is 125 Å². The molecule has 2 N–H and O–H groups in total. The molecule has 21 heavy (non-hydrogen) atoms. The molecule has 3 rings (SSSR count). The smallest absolute Gasteiger partial charge is 0.133 e. The van der Waals surface area contributed by atoms with E-state index in [2.05, 4.69) is 21.7 Å². The van der Waals surface area contributed by atoms with E-state index in [1.807, 2.05) is 24.4 Å². The third-order valence-corrected chi connectivity index (χ3v) is 4.23. The number of methoxy groups -OCH3 is 1. The van der Waals surface area contributed by atoms with E-state index >= 15 is 0 Å². The first-order valence-electron chi connectivity index (χ1n) is 7.75. The zero-order chi connectivity index (χ0) is 14.5.